The van der Waals surface area contributed by atoms with Crippen LogP contribution in [0.15, 0.2) is 66.7 Å². The monoisotopic (exact) mass is 462 g/mol. The molecule has 4 aromatic rings. The minimum absolute atomic E-state index is 0.0196. The minimum atomic E-state index is -0.0760. The molecule has 0 saturated carbocycles. The van der Waals surface area contributed by atoms with E-state index in [9.17, 15) is 4.79 Å². The number of ether oxygens (including phenoxy) is 1. The molecule has 0 N–H and O–H groups in total. The standard InChI is InChI=1S/C26H23ClN2O2S/c1-17-9-14-22(27)24-23(17)28-26(32-24)29(16-21-8-5-15-31-21)25(30)20-12-10-19(11-13-20)18-6-3-2-4-7-18/h2-4,6-7,9-14,21H,5,8,15-16H2,1H3. The maximum absolute atomic E-state index is 13.6. The number of halogens is 1. The Morgan fingerprint density at radius 1 is 1.09 bits per heavy atom. The van der Waals surface area contributed by atoms with Gasteiger partial charge in [0.1, 0.15) is 0 Å². The van der Waals surface area contributed by atoms with Crippen molar-refractivity contribution in [1.29, 1.82) is 0 Å². The number of hydrogen-bond donors (Lipinski definition) is 0. The van der Waals surface area contributed by atoms with Crippen LogP contribution in [0.25, 0.3) is 21.3 Å². The molecule has 1 unspecified atom stereocenters. The van der Waals surface area contributed by atoms with E-state index >= 15 is 0 Å². The third-order valence-corrected chi connectivity index (χ3v) is 7.35. The first kappa shape index (κ1) is 21.1. The zero-order valence-electron chi connectivity index (χ0n) is 17.8. The van der Waals surface area contributed by atoms with Gasteiger partial charge in [-0.25, -0.2) is 4.98 Å². The average molecular weight is 463 g/mol. The van der Waals surface area contributed by atoms with Crippen LogP contribution < -0.4 is 4.90 Å². The highest BCUT2D eigenvalue weighted by atomic mass is 35.5. The Kier molecular flexibility index (Phi) is 5.96. The second-order valence-electron chi connectivity index (χ2n) is 8.03. The third-order valence-electron chi connectivity index (χ3n) is 5.81. The second kappa shape index (κ2) is 9.02. The Morgan fingerprint density at radius 2 is 1.84 bits per heavy atom. The van der Waals surface area contributed by atoms with Gasteiger partial charge in [0.05, 0.1) is 27.9 Å². The summed E-state index contributed by atoms with van der Waals surface area (Å²) in [6, 6.07) is 21.8. The smallest absolute Gasteiger partial charge is 0.260 e. The first-order valence-corrected chi connectivity index (χ1v) is 11.9. The molecule has 5 rings (SSSR count). The van der Waals surface area contributed by atoms with Crippen molar-refractivity contribution in [3.8, 4) is 11.1 Å². The van der Waals surface area contributed by atoms with Gasteiger partial charge in [-0.1, -0.05) is 71.5 Å². The van der Waals surface area contributed by atoms with Crippen molar-refractivity contribution in [2.75, 3.05) is 18.1 Å². The van der Waals surface area contributed by atoms with Gasteiger partial charge in [-0.2, -0.15) is 0 Å². The summed E-state index contributed by atoms with van der Waals surface area (Å²) in [6.45, 7) is 3.23. The van der Waals surface area contributed by atoms with E-state index in [-0.39, 0.29) is 12.0 Å². The lowest BCUT2D eigenvalue weighted by molar-refractivity contribution is 0.0917. The zero-order chi connectivity index (χ0) is 22.1. The van der Waals surface area contributed by atoms with Crippen LogP contribution in [0.1, 0.15) is 28.8 Å². The van der Waals surface area contributed by atoms with E-state index in [1.807, 2.05) is 61.5 Å². The summed E-state index contributed by atoms with van der Waals surface area (Å²) in [5.41, 5.74) is 4.73. The number of aryl methyl sites for hydroxylation is 1. The van der Waals surface area contributed by atoms with E-state index < -0.39 is 0 Å². The topological polar surface area (TPSA) is 42.4 Å². The summed E-state index contributed by atoms with van der Waals surface area (Å²) in [4.78, 5) is 20.2. The molecule has 0 aliphatic carbocycles. The van der Waals surface area contributed by atoms with Gasteiger partial charge >= 0.3 is 0 Å². The number of hydrogen-bond acceptors (Lipinski definition) is 4. The van der Waals surface area contributed by atoms with Crippen LogP contribution in [-0.4, -0.2) is 30.1 Å². The largest absolute Gasteiger partial charge is 0.376 e. The third kappa shape index (κ3) is 4.16. The van der Waals surface area contributed by atoms with Gasteiger partial charge in [0.2, 0.25) is 0 Å². The Morgan fingerprint density at radius 3 is 2.53 bits per heavy atom. The summed E-state index contributed by atoms with van der Waals surface area (Å²) in [5.74, 6) is -0.0760. The van der Waals surface area contributed by atoms with Gasteiger partial charge in [-0.3, -0.25) is 9.69 Å². The molecular formula is C26H23ClN2O2S. The number of fused-ring (bicyclic) bond motifs is 1. The van der Waals surface area contributed by atoms with Crippen LogP contribution in [0.2, 0.25) is 5.02 Å². The maximum Gasteiger partial charge on any atom is 0.260 e. The Bertz CT molecular complexity index is 1210. The SMILES string of the molecule is Cc1ccc(Cl)c2sc(N(CC3CCCO3)C(=O)c3ccc(-c4ccccc4)cc3)nc12. The number of aromatic nitrogens is 1. The van der Waals surface area contributed by atoms with Crippen molar-refractivity contribution in [3.63, 3.8) is 0 Å². The minimum Gasteiger partial charge on any atom is -0.376 e. The molecule has 1 aromatic heterocycles. The van der Waals surface area contributed by atoms with Gasteiger partial charge < -0.3 is 4.74 Å². The Hall–Kier alpha value is -2.73. The molecule has 1 atom stereocenters. The summed E-state index contributed by atoms with van der Waals surface area (Å²) in [6.07, 6.45) is 1.98. The lowest BCUT2D eigenvalue weighted by atomic mass is 10.0. The summed E-state index contributed by atoms with van der Waals surface area (Å²) in [7, 11) is 0. The molecule has 32 heavy (non-hydrogen) atoms. The number of amides is 1. The number of carbonyl (C=O) groups is 1. The molecule has 1 fully saturated rings. The van der Waals surface area contributed by atoms with Crippen molar-refractivity contribution in [1.82, 2.24) is 4.98 Å². The van der Waals surface area contributed by atoms with E-state index in [4.69, 9.17) is 21.3 Å². The van der Waals surface area contributed by atoms with Crippen LogP contribution in [-0.2, 0) is 4.74 Å². The van der Waals surface area contributed by atoms with E-state index in [0.717, 1.165) is 46.4 Å². The molecule has 0 bridgehead atoms. The molecule has 1 saturated heterocycles. The summed E-state index contributed by atoms with van der Waals surface area (Å²) >= 11 is 7.89. The molecule has 1 aliphatic rings. The molecule has 0 spiro atoms. The number of rotatable bonds is 5. The van der Waals surface area contributed by atoms with Gasteiger partial charge in [-0.15, -0.1) is 0 Å². The molecule has 162 valence electrons. The second-order valence-corrected chi connectivity index (χ2v) is 9.42. The van der Waals surface area contributed by atoms with Gasteiger partial charge in [-0.05, 0) is 54.7 Å². The van der Waals surface area contributed by atoms with E-state index in [2.05, 4.69) is 12.1 Å². The average Bonchev–Trinajstić information content (AvgIpc) is 3.51. The van der Waals surface area contributed by atoms with Crippen molar-refractivity contribution >= 4 is 44.2 Å². The zero-order valence-corrected chi connectivity index (χ0v) is 19.3. The first-order valence-electron chi connectivity index (χ1n) is 10.7. The molecular weight excluding hydrogens is 440 g/mol. The fourth-order valence-corrected chi connectivity index (χ4v) is 5.36. The quantitative estimate of drug-likeness (QED) is 0.329. The predicted octanol–water partition coefficient (Wildman–Crippen LogP) is 6.75. The predicted molar refractivity (Wildman–Crippen MR) is 132 cm³/mol. The van der Waals surface area contributed by atoms with Gasteiger partial charge in [0.25, 0.3) is 5.91 Å². The van der Waals surface area contributed by atoms with Gasteiger partial charge in [0.15, 0.2) is 5.13 Å². The highest BCUT2D eigenvalue weighted by molar-refractivity contribution is 7.23. The van der Waals surface area contributed by atoms with E-state index in [0.29, 0.717) is 22.3 Å². The normalized spacial score (nSPS) is 15.9. The van der Waals surface area contributed by atoms with E-state index in [1.165, 1.54) is 11.3 Å². The Balaban J connectivity index is 1.50. The molecule has 2 heterocycles. The highest BCUT2D eigenvalue weighted by Gasteiger charge is 2.27. The van der Waals surface area contributed by atoms with Crippen molar-refractivity contribution < 1.29 is 9.53 Å². The first-order chi connectivity index (χ1) is 15.6. The fraction of sp³-hybridized carbons (Fsp3) is 0.231. The lowest BCUT2D eigenvalue weighted by Crippen LogP contribution is -2.37. The molecule has 4 nitrogen and oxygen atoms in total. The number of carbonyl (C=O) groups excluding carboxylic acids is 1. The number of nitrogens with zero attached hydrogens (tertiary/aromatic N) is 2. The van der Waals surface area contributed by atoms with Crippen LogP contribution in [0, 0.1) is 6.92 Å². The van der Waals surface area contributed by atoms with Crippen LogP contribution in [0.3, 0.4) is 0 Å². The Labute approximate surface area is 196 Å². The molecule has 1 aliphatic heterocycles. The fourth-order valence-electron chi connectivity index (χ4n) is 4.04. The maximum atomic E-state index is 13.6. The van der Waals surface area contributed by atoms with Crippen LogP contribution in [0.4, 0.5) is 5.13 Å². The van der Waals surface area contributed by atoms with Gasteiger partial charge in [0, 0.05) is 12.2 Å². The van der Waals surface area contributed by atoms with Crippen molar-refractivity contribution in [2.45, 2.75) is 25.9 Å². The molecule has 1 amide bonds. The molecule has 0 radical (unpaired) electrons. The summed E-state index contributed by atoms with van der Waals surface area (Å²) in [5, 5.41) is 1.31. The summed E-state index contributed by atoms with van der Waals surface area (Å²) < 4.78 is 6.75. The molecule has 3 aromatic carbocycles. The molecule has 6 heteroatoms. The number of anilines is 1. The number of benzene rings is 3. The van der Waals surface area contributed by atoms with E-state index in [1.54, 1.807) is 4.90 Å². The van der Waals surface area contributed by atoms with Crippen LogP contribution in [0.5, 0.6) is 0 Å². The number of thiazole rings is 1. The van der Waals surface area contributed by atoms with Crippen molar-refractivity contribution in [2.24, 2.45) is 0 Å². The lowest BCUT2D eigenvalue weighted by Gasteiger charge is -2.23. The van der Waals surface area contributed by atoms with Crippen molar-refractivity contribution in [3.05, 3.63) is 82.9 Å². The highest BCUT2D eigenvalue weighted by Crippen LogP contribution is 2.36. The van der Waals surface area contributed by atoms with Crippen LogP contribution >= 0.6 is 22.9 Å².